The molecular weight excluding hydrogens is 374 g/mol. The maximum atomic E-state index is 12.5. The molecule has 2 saturated heterocycles. The van der Waals surface area contributed by atoms with E-state index in [0.717, 1.165) is 57.9 Å². The van der Waals surface area contributed by atoms with E-state index in [-0.39, 0.29) is 5.91 Å². The van der Waals surface area contributed by atoms with Crippen LogP contribution < -0.4 is 5.32 Å². The minimum absolute atomic E-state index is 0.233. The number of imidazole rings is 1. The summed E-state index contributed by atoms with van der Waals surface area (Å²) in [6, 6.07) is 10.9. The highest BCUT2D eigenvalue weighted by Crippen LogP contribution is 2.23. The molecule has 162 valence electrons. The van der Waals surface area contributed by atoms with Gasteiger partial charge in [-0.15, -0.1) is 0 Å². The van der Waals surface area contributed by atoms with Gasteiger partial charge in [0.25, 0.3) is 0 Å². The standard InChI is InChI=1S/C24H35N5O/c1-19-25-15-23(26-19)18-28-12-9-20(10-13-28)7-8-24(30)27-22-11-14-29(17-22)16-21-5-3-2-4-6-21/h2-6,15,20,22H,7-14,16-18H2,1H3,(H,25,26)(H,27,30). The number of amides is 1. The van der Waals surface area contributed by atoms with E-state index in [1.165, 1.54) is 24.1 Å². The van der Waals surface area contributed by atoms with Crippen molar-refractivity contribution in [3.8, 4) is 0 Å². The molecule has 0 aliphatic carbocycles. The number of nitrogens with one attached hydrogen (secondary N) is 2. The second-order valence-electron chi connectivity index (χ2n) is 9.03. The fourth-order valence-corrected chi connectivity index (χ4v) is 4.80. The van der Waals surface area contributed by atoms with E-state index in [1.54, 1.807) is 0 Å². The summed E-state index contributed by atoms with van der Waals surface area (Å²) >= 11 is 0. The highest BCUT2D eigenvalue weighted by atomic mass is 16.1. The van der Waals surface area contributed by atoms with Crippen LogP contribution in [0.2, 0.25) is 0 Å². The summed E-state index contributed by atoms with van der Waals surface area (Å²) in [4.78, 5) is 25.0. The zero-order chi connectivity index (χ0) is 20.8. The van der Waals surface area contributed by atoms with Crippen molar-refractivity contribution < 1.29 is 4.79 Å². The number of aromatic nitrogens is 2. The Bertz CT molecular complexity index is 797. The maximum absolute atomic E-state index is 12.5. The van der Waals surface area contributed by atoms with E-state index < -0.39 is 0 Å². The second kappa shape index (κ2) is 10.2. The Labute approximate surface area is 180 Å². The van der Waals surface area contributed by atoms with Gasteiger partial charge in [0.1, 0.15) is 5.82 Å². The van der Waals surface area contributed by atoms with Gasteiger partial charge in [-0.1, -0.05) is 30.3 Å². The van der Waals surface area contributed by atoms with Crippen LogP contribution in [-0.2, 0) is 17.9 Å². The normalized spacial score (nSPS) is 21.2. The molecule has 30 heavy (non-hydrogen) atoms. The van der Waals surface area contributed by atoms with Crippen molar-refractivity contribution in [2.24, 2.45) is 5.92 Å². The Hall–Kier alpha value is -2.18. The lowest BCUT2D eigenvalue weighted by Gasteiger charge is -2.31. The summed E-state index contributed by atoms with van der Waals surface area (Å²) in [5, 5.41) is 3.28. The molecule has 0 saturated carbocycles. The molecule has 1 amide bonds. The van der Waals surface area contributed by atoms with E-state index in [2.05, 4.69) is 55.4 Å². The highest BCUT2D eigenvalue weighted by Gasteiger charge is 2.25. The lowest BCUT2D eigenvalue weighted by Crippen LogP contribution is -2.37. The molecular formula is C24H35N5O. The van der Waals surface area contributed by atoms with E-state index in [0.29, 0.717) is 18.4 Å². The van der Waals surface area contributed by atoms with Crippen LogP contribution in [0.3, 0.4) is 0 Å². The average Bonchev–Trinajstić information content (AvgIpc) is 3.36. The number of piperidine rings is 1. The third kappa shape index (κ3) is 6.16. The van der Waals surface area contributed by atoms with Crippen LogP contribution in [0.4, 0.5) is 0 Å². The Morgan fingerprint density at radius 2 is 1.87 bits per heavy atom. The molecule has 4 rings (SSSR count). The smallest absolute Gasteiger partial charge is 0.220 e. The van der Waals surface area contributed by atoms with Crippen LogP contribution in [-0.4, -0.2) is 57.9 Å². The lowest BCUT2D eigenvalue weighted by atomic mass is 9.92. The molecule has 0 radical (unpaired) electrons. The van der Waals surface area contributed by atoms with Gasteiger partial charge >= 0.3 is 0 Å². The van der Waals surface area contributed by atoms with Crippen LogP contribution >= 0.6 is 0 Å². The quantitative estimate of drug-likeness (QED) is 0.703. The first-order valence-corrected chi connectivity index (χ1v) is 11.4. The third-order valence-corrected chi connectivity index (χ3v) is 6.52. The van der Waals surface area contributed by atoms with Crippen molar-refractivity contribution in [3.63, 3.8) is 0 Å². The number of benzene rings is 1. The monoisotopic (exact) mass is 409 g/mol. The molecule has 2 aliphatic rings. The second-order valence-corrected chi connectivity index (χ2v) is 9.03. The number of aryl methyl sites for hydroxylation is 1. The molecule has 1 atom stereocenters. The molecule has 3 heterocycles. The summed E-state index contributed by atoms with van der Waals surface area (Å²) in [7, 11) is 0. The van der Waals surface area contributed by atoms with Crippen molar-refractivity contribution in [1.82, 2.24) is 25.1 Å². The average molecular weight is 410 g/mol. The van der Waals surface area contributed by atoms with Crippen molar-refractivity contribution >= 4 is 5.91 Å². The molecule has 0 bridgehead atoms. The predicted molar refractivity (Wildman–Crippen MR) is 119 cm³/mol. The Balaban J connectivity index is 1.10. The number of rotatable bonds is 8. The molecule has 0 spiro atoms. The number of aromatic amines is 1. The minimum atomic E-state index is 0.233. The van der Waals surface area contributed by atoms with E-state index in [9.17, 15) is 4.79 Å². The number of carbonyl (C=O) groups is 1. The molecule has 6 heteroatoms. The van der Waals surface area contributed by atoms with Gasteiger partial charge in [-0.2, -0.15) is 0 Å². The summed E-state index contributed by atoms with van der Waals surface area (Å²) < 4.78 is 0. The fraction of sp³-hybridized carbons (Fsp3) is 0.583. The van der Waals surface area contributed by atoms with Crippen LogP contribution in [0.15, 0.2) is 36.5 Å². The first kappa shape index (κ1) is 21.1. The molecule has 2 aromatic rings. The first-order valence-electron chi connectivity index (χ1n) is 11.4. The first-order chi connectivity index (χ1) is 14.6. The lowest BCUT2D eigenvalue weighted by molar-refractivity contribution is -0.122. The Kier molecular flexibility index (Phi) is 7.18. The molecule has 2 N–H and O–H groups in total. The number of hydrogen-bond acceptors (Lipinski definition) is 4. The topological polar surface area (TPSA) is 64.3 Å². The van der Waals surface area contributed by atoms with Crippen molar-refractivity contribution in [3.05, 3.63) is 53.6 Å². The van der Waals surface area contributed by atoms with Crippen LogP contribution in [0, 0.1) is 12.8 Å². The maximum Gasteiger partial charge on any atom is 0.220 e. The fourth-order valence-electron chi connectivity index (χ4n) is 4.80. The molecule has 1 aromatic heterocycles. The predicted octanol–water partition coefficient (Wildman–Crippen LogP) is 3.10. The highest BCUT2D eigenvalue weighted by molar-refractivity contribution is 5.76. The van der Waals surface area contributed by atoms with Gasteiger partial charge in [0.2, 0.25) is 5.91 Å². The minimum Gasteiger partial charge on any atom is -0.352 e. The van der Waals surface area contributed by atoms with Crippen molar-refractivity contribution in [2.75, 3.05) is 26.2 Å². The van der Waals surface area contributed by atoms with Crippen LogP contribution in [0.25, 0.3) is 0 Å². The largest absolute Gasteiger partial charge is 0.352 e. The molecule has 2 fully saturated rings. The van der Waals surface area contributed by atoms with Crippen LogP contribution in [0.1, 0.15) is 49.2 Å². The molecule has 2 aliphatic heterocycles. The molecule has 1 aromatic carbocycles. The summed E-state index contributed by atoms with van der Waals surface area (Å²) in [6.07, 6.45) is 7.06. The zero-order valence-corrected chi connectivity index (χ0v) is 18.1. The molecule has 1 unspecified atom stereocenters. The van der Waals surface area contributed by atoms with E-state index in [4.69, 9.17) is 0 Å². The molecule has 6 nitrogen and oxygen atoms in total. The SMILES string of the molecule is Cc1ncc(CN2CCC(CCC(=O)NC3CCN(Cc4ccccc4)C3)CC2)[nH]1. The zero-order valence-electron chi connectivity index (χ0n) is 18.1. The van der Waals surface area contributed by atoms with Crippen LogP contribution in [0.5, 0.6) is 0 Å². The number of hydrogen-bond donors (Lipinski definition) is 2. The van der Waals surface area contributed by atoms with E-state index >= 15 is 0 Å². The van der Waals surface area contributed by atoms with Gasteiger partial charge in [0, 0.05) is 50.5 Å². The van der Waals surface area contributed by atoms with Crippen molar-refractivity contribution in [1.29, 1.82) is 0 Å². The number of carbonyl (C=O) groups excluding carboxylic acids is 1. The summed E-state index contributed by atoms with van der Waals surface area (Å²) in [6.45, 7) is 8.18. The third-order valence-electron chi connectivity index (χ3n) is 6.52. The van der Waals surface area contributed by atoms with Gasteiger partial charge in [-0.05, 0) is 57.2 Å². The Morgan fingerprint density at radius 3 is 2.60 bits per heavy atom. The van der Waals surface area contributed by atoms with Gasteiger partial charge in [0.15, 0.2) is 0 Å². The van der Waals surface area contributed by atoms with E-state index in [1.807, 2.05) is 13.1 Å². The summed E-state index contributed by atoms with van der Waals surface area (Å²) in [5.74, 6) is 1.89. The van der Waals surface area contributed by atoms with Crippen molar-refractivity contribution in [2.45, 2.75) is 58.2 Å². The van der Waals surface area contributed by atoms with Gasteiger partial charge in [-0.3, -0.25) is 14.6 Å². The van der Waals surface area contributed by atoms with Gasteiger partial charge in [0.05, 0.1) is 0 Å². The Morgan fingerprint density at radius 1 is 1.10 bits per heavy atom. The number of likely N-dealkylation sites (tertiary alicyclic amines) is 2. The summed E-state index contributed by atoms with van der Waals surface area (Å²) in [5.41, 5.74) is 2.54. The number of H-pyrrole nitrogens is 1. The van der Waals surface area contributed by atoms with Gasteiger partial charge < -0.3 is 10.3 Å². The van der Waals surface area contributed by atoms with Gasteiger partial charge in [-0.25, -0.2) is 4.98 Å². The number of nitrogens with zero attached hydrogens (tertiary/aromatic N) is 3.